The van der Waals surface area contributed by atoms with E-state index in [-0.39, 0.29) is 5.91 Å². The Morgan fingerprint density at radius 1 is 1.21 bits per heavy atom. The van der Waals surface area contributed by atoms with Crippen LogP contribution in [0.3, 0.4) is 0 Å². The molecule has 0 bridgehead atoms. The van der Waals surface area contributed by atoms with Crippen molar-refractivity contribution in [2.45, 2.75) is 65.4 Å². The van der Waals surface area contributed by atoms with Gasteiger partial charge in [-0.05, 0) is 76.4 Å². The SMILES string of the molecule is CCCC[C@@](C)(OCC)C(=O)Nc1ccc(OCCN2CCC(C)CC2)cc1. The van der Waals surface area contributed by atoms with Crippen molar-refractivity contribution in [2.24, 2.45) is 5.92 Å². The lowest BCUT2D eigenvalue weighted by molar-refractivity contribution is -0.139. The molecule has 0 aliphatic carbocycles. The van der Waals surface area contributed by atoms with E-state index in [1.54, 1.807) is 0 Å². The Hall–Kier alpha value is -1.59. The van der Waals surface area contributed by atoms with Gasteiger partial charge in [-0.2, -0.15) is 0 Å². The standard InChI is InChI=1S/C23H38N2O3/c1-5-7-14-23(4,28-6-2)22(26)24-20-8-10-21(11-9-20)27-18-17-25-15-12-19(3)13-16-25/h8-11,19H,5-7,12-18H2,1-4H3,(H,24,26)/t23-/m1/s1. The first kappa shape index (κ1) is 22.7. The Bertz CT molecular complexity index is 582. The number of nitrogens with zero attached hydrogens (tertiary/aromatic N) is 1. The molecule has 2 rings (SSSR count). The number of anilines is 1. The summed E-state index contributed by atoms with van der Waals surface area (Å²) in [6.07, 6.45) is 5.30. The molecule has 1 aliphatic rings. The highest BCUT2D eigenvalue weighted by Gasteiger charge is 2.33. The van der Waals surface area contributed by atoms with E-state index in [0.29, 0.717) is 13.2 Å². The normalized spacial score (nSPS) is 17.9. The quantitative estimate of drug-likeness (QED) is 0.594. The summed E-state index contributed by atoms with van der Waals surface area (Å²) in [6.45, 7) is 12.8. The molecule has 28 heavy (non-hydrogen) atoms. The van der Waals surface area contributed by atoms with Gasteiger partial charge in [0.2, 0.25) is 0 Å². The summed E-state index contributed by atoms with van der Waals surface area (Å²) in [5, 5.41) is 2.99. The fourth-order valence-electron chi connectivity index (χ4n) is 3.56. The lowest BCUT2D eigenvalue weighted by atomic mass is 9.97. The Kier molecular flexibility index (Phi) is 9.26. The molecule has 0 unspecified atom stereocenters. The Labute approximate surface area is 170 Å². The fraction of sp³-hybridized carbons (Fsp3) is 0.696. The maximum absolute atomic E-state index is 12.7. The van der Waals surface area contributed by atoms with E-state index in [1.807, 2.05) is 38.1 Å². The number of unbranched alkanes of at least 4 members (excludes halogenated alkanes) is 1. The van der Waals surface area contributed by atoms with Crippen LogP contribution in [0.2, 0.25) is 0 Å². The van der Waals surface area contributed by atoms with Gasteiger partial charge >= 0.3 is 0 Å². The summed E-state index contributed by atoms with van der Waals surface area (Å²) in [7, 11) is 0. The summed E-state index contributed by atoms with van der Waals surface area (Å²) in [4.78, 5) is 15.2. The number of benzene rings is 1. The largest absolute Gasteiger partial charge is 0.492 e. The number of rotatable bonds is 11. The number of hydrogen-bond acceptors (Lipinski definition) is 4. The van der Waals surface area contributed by atoms with Crippen LogP contribution in [0.25, 0.3) is 0 Å². The number of piperidine rings is 1. The van der Waals surface area contributed by atoms with Gasteiger partial charge in [0.1, 0.15) is 18.0 Å². The molecule has 158 valence electrons. The zero-order valence-electron chi connectivity index (χ0n) is 18.1. The molecule has 1 fully saturated rings. The highest BCUT2D eigenvalue weighted by Crippen LogP contribution is 2.23. The maximum Gasteiger partial charge on any atom is 0.256 e. The molecule has 1 saturated heterocycles. The number of likely N-dealkylation sites (tertiary alicyclic amines) is 1. The van der Waals surface area contributed by atoms with Crippen molar-refractivity contribution in [2.75, 3.05) is 38.2 Å². The number of carbonyl (C=O) groups is 1. The van der Waals surface area contributed by atoms with Gasteiger partial charge in [-0.15, -0.1) is 0 Å². The van der Waals surface area contributed by atoms with Crippen molar-refractivity contribution in [3.63, 3.8) is 0 Å². The van der Waals surface area contributed by atoms with E-state index in [9.17, 15) is 4.79 Å². The first-order valence-electron chi connectivity index (χ1n) is 10.9. The van der Waals surface area contributed by atoms with Crippen molar-refractivity contribution in [3.8, 4) is 5.75 Å². The van der Waals surface area contributed by atoms with Crippen molar-refractivity contribution < 1.29 is 14.3 Å². The minimum Gasteiger partial charge on any atom is -0.492 e. The topological polar surface area (TPSA) is 50.8 Å². The minimum atomic E-state index is -0.786. The third-order valence-electron chi connectivity index (χ3n) is 5.62. The average molecular weight is 391 g/mol. The maximum atomic E-state index is 12.7. The molecule has 0 radical (unpaired) electrons. The molecule has 1 aliphatic heterocycles. The third-order valence-corrected chi connectivity index (χ3v) is 5.62. The third kappa shape index (κ3) is 7.10. The second-order valence-electron chi connectivity index (χ2n) is 8.12. The van der Waals surface area contributed by atoms with Crippen LogP contribution in [0.15, 0.2) is 24.3 Å². The summed E-state index contributed by atoms with van der Waals surface area (Å²) in [5.74, 6) is 1.60. The van der Waals surface area contributed by atoms with E-state index >= 15 is 0 Å². The highest BCUT2D eigenvalue weighted by molar-refractivity contribution is 5.97. The van der Waals surface area contributed by atoms with Crippen molar-refractivity contribution in [1.29, 1.82) is 0 Å². The van der Waals surface area contributed by atoms with E-state index in [1.165, 1.54) is 25.9 Å². The van der Waals surface area contributed by atoms with Gasteiger partial charge in [0.15, 0.2) is 0 Å². The Morgan fingerprint density at radius 3 is 2.50 bits per heavy atom. The van der Waals surface area contributed by atoms with E-state index in [4.69, 9.17) is 9.47 Å². The molecular weight excluding hydrogens is 352 g/mol. The first-order chi connectivity index (χ1) is 13.5. The number of carbonyl (C=O) groups excluding carboxylic acids is 1. The van der Waals surface area contributed by atoms with Crippen LogP contribution in [0, 0.1) is 5.92 Å². The van der Waals surface area contributed by atoms with Gasteiger partial charge in [-0.1, -0.05) is 26.7 Å². The lowest BCUT2D eigenvalue weighted by Crippen LogP contribution is -2.42. The molecule has 0 spiro atoms. The first-order valence-corrected chi connectivity index (χ1v) is 10.9. The van der Waals surface area contributed by atoms with Crippen LogP contribution < -0.4 is 10.1 Å². The van der Waals surface area contributed by atoms with Crippen molar-refractivity contribution >= 4 is 11.6 Å². The van der Waals surface area contributed by atoms with Gasteiger partial charge in [0, 0.05) is 18.8 Å². The minimum absolute atomic E-state index is 0.0872. The Morgan fingerprint density at radius 2 is 1.89 bits per heavy atom. The molecule has 5 nitrogen and oxygen atoms in total. The van der Waals surface area contributed by atoms with Crippen LogP contribution in [0.1, 0.15) is 59.8 Å². The molecule has 0 saturated carbocycles. The molecule has 5 heteroatoms. The highest BCUT2D eigenvalue weighted by atomic mass is 16.5. The van der Waals surface area contributed by atoms with Crippen molar-refractivity contribution in [1.82, 2.24) is 4.90 Å². The van der Waals surface area contributed by atoms with Gasteiger partial charge < -0.3 is 14.8 Å². The van der Waals surface area contributed by atoms with Gasteiger partial charge in [0.05, 0.1) is 0 Å². The number of ether oxygens (including phenoxy) is 2. The number of nitrogens with one attached hydrogen (secondary N) is 1. The fourth-order valence-corrected chi connectivity index (χ4v) is 3.56. The van der Waals surface area contributed by atoms with E-state index in [0.717, 1.165) is 43.2 Å². The number of hydrogen-bond donors (Lipinski definition) is 1. The summed E-state index contributed by atoms with van der Waals surface area (Å²) >= 11 is 0. The molecule has 1 amide bonds. The van der Waals surface area contributed by atoms with Crippen LogP contribution in [0.4, 0.5) is 5.69 Å². The second-order valence-corrected chi connectivity index (χ2v) is 8.12. The summed E-state index contributed by atoms with van der Waals surface area (Å²) in [6, 6.07) is 7.61. The smallest absolute Gasteiger partial charge is 0.256 e. The zero-order chi connectivity index (χ0) is 20.4. The average Bonchev–Trinajstić information content (AvgIpc) is 2.69. The molecule has 1 atom stereocenters. The second kappa shape index (κ2) is 11.4. The lowest BCUT2D eigenvalue weighted by Gasteiger charge is -2.29. The predicted molar refractivity (Wildman–Crippen MR) is 115 cm³/mol. The van der Waals surface area contributed by atoms with Crippen LogP contribution in [0.5, 0.6) is 5.75 Å². The molecular formula is C23H38N2O3. The molecule has 0 aromatic heterocycles. The van der Waals surface area contributed by atoms with E-state index < -0.39 is 5.60 Å². The monoisotopic (exact) mass is 390 g/mol. The van der Waals surface area contributed by atoms with Crippen molar-refractivity contribution in [3.05, 3.63) is 24.3 Å². The van der Waals surface area contributed by atoms with Gasteiger partial charge in [-0.25, -0.2) is 0 Å². The van der Waals surface area contributed by atoms with Crippen LogP contribution >= 0.6 is 0 Å². The molecule has 1 aromatic carbocycles. The van der Waals surface area contributed by atoms with Gasteiger partial charge in [0.25, 0.3) is 5.91 Å². The van der Waals surface area contributed by atoms with E-state index in [2.05, 4.69) is 24.1 Å². The predicted octanol–water partition coefficient (Wildman–Crippen LogP) is 4.72. The summed E-state index contributed by atoms with van der Waals surface area (Å²) < 4.78 is 11.6. The Balaban J connectivity index is 1.80. The van der Waals surface area contributed by atoms with Crippen LogP contribution in [-0.4, -0.2) is 49.3 Å². The molecule has 1 aromatic rings. The molecule has 1 N–H and O–H groups in total. The van der Waals surface area contributed by atoms with Gasteiger partial charge in [-0.3, -0.25) is 9.69 Å². The zero-order valence-corrected chi connectivity index (χ0v) is 18.1. The number of amides is 1. The summed E-state index contributed by atoms with van der Waals surface area (Å²) in [5.41, 5.74) is -0.0175. The van der Waals surface area contributed by atoms with Crippen LogP contribution in [-0.2, 0) is 9.53 Å². The molecule has 1 heterocycles.